The second-order valence-electron chi connectivity index (χ2n) is 10.5. The highest BCUT2D eigenvalue weighted by molar-refractivity contribution is 6.00. The molecule has 0 saturated carbocycles. The molecule has 0 fully saturated rings. The van der Waals surface area contributed by atoms with Crippen LogP contribution in [0.1, 0.15) is 63.8 Å². The van der Waals surface area contributed by atoms with Crippen LogP contribution in [0.3, 0.4) is 0 Å². The Morgan fingerprint density at radius 1 is 1.08 bits per heavy atom. The van der Waals surface area contributed by atoms with Gasteiger partial charge in [0, 0.05) is 17.8 Å². The number of hydrogen-bond donors (Lipinski definition) is 3. The highest BCUT2D eigenvalue weighted by Crippen LogP contribution is 2.33. The standard InChI is InChI=1S/C30H41N3O5/c1-9-18-33(28(36)24(19(3)10-2)32-29(37)38-30(6,7)8)25(22-16-13-15-21(5)26(22)34)27(35)31-23-17-12-11-14-20(23)4/h9,11-17,19,24-25,34H,1,10,18H2,2-8H3,(H,31,35)(H,32,37). The van der Waals surface area contributed by atoms with Crippen LogP contribution in [0.4, 0.5) is 10.5 Å². The fourth-order valence-corrected chi connectivity index (χ4v) is 4.03. The van der Waals surface area contributed by atoms with E-state index in [2.05, 4.69) is 17.2 Å². The van der Waals surface area contributed by atoms with Crippen LogP contribution >= 0.6 is 0 Å². The van der Waals surface area contributed by atoms with Crippen LogP contribution in [0.15, 0.2) is 55.1 Å². The maximum atomic E-state index is 14.1. The van der Waals surface area contributed by atoms with Crippen molar-refractivity contribution in [2.75, 3.05) is 11.9 Å². The molecule has 3 amide bonds. The summed E-state index contributed by atoms with van der Waals surface area (Å²) in [5, 5.41) is 16.6. The first-order valence-electron chi connectivity index (χ1n) is 12.9. The molecule has 3 unspecified atom stereocenters. The van der Waals surface area contributed by atoms with Gasteiger partial charge >= 0.3 is 6.09 Å². The molecule has 0 saturated heterocycles. The molecule has 3 N–H and O–H groups in total. The fraction of sp³-hybridized carbons (Fsp3) is 0.433. The Balaban J connectivity index is 2.60. The molecule has 0 aliphatic heterocycles. The normalized spacial score (nSPS) is 13.6. The van der Waals surface area contributed by atoms with Gasteiger partial charge in [-0.1, -0.05) is 62.7 Å². The highest BCUT2D eigenvalue weighted by atomic mass is 16.6. The predicted molar refractivity (Wildman–Crippen MR) is 150 cm³/mol. The van der Waals surface area contributed by atoms with Crippen molar-refractivity contribution >= 4 is 23.6 Å². The summed E-state index contributed by atoms with van der Waals surface area (Å²) in [6, 6.07) is 10.2. The summed E-state index contributed by atoms with van der Waals surface area (Å²) in [5.74, 6) is -1.35. The molecule has 3 atom stereocenters. The lowest BCUT2D eigenvalue weighted by Crippen LogP contribution is -2.54. The number of amides is 3. The largest absolute Gasteiger partial charge is 0.507 e. The Morgan fingerprint density at radius 2 is 1.71 bits per heavy atom. The molecule has 8 heteroatoms. The zero-order chi connectivity index (χ0) is 28.6. The molecule has 0 bridgehead atoms. The molecule has 0 aliphatic rings. The van der Waals surface area contributed by atoms with E-state index in [-0.39, 0.29) is 23.8 Å². The number of nitrogens with zero attached hydrogens (tertiary/aromatic N) is 1. The number of anilines is 1. The van der Waals surface area contributed by atoms with E-state index < -0.39 is 35.6 Å². The average Bonchev–Trinajstić information content (AvgIpc) is 2.84. The molecular formula is C30H41N3O5. The zero-order valence-electron chi connectivity index (χ0n) is 23.5. The zero-order valence-corrected chi connectivity index (χ0v) is 23.5. The van der Waals surface area contributed by atoms with Gasteiger partial charge < -0.3 is 25.4 Å². The molecule has 2 aromatic rings. The summed E-state index contributed by atoms with van der Waals surface area (Å²) >= 11 is 0. The third-order valence-corrected chi connectivity index (χ3v) is 6.29. The number of phenols is 1. The number of hydrogen-bond acceptors (Lipinski definition) is 5. The number of nitrogens with one attached hydrogen (secondary N) is 2. The number of ether oxygens (including phenoxy) is 1. The minimum atomic E-state index is -1.20. The lowest BCUT2D eigenvalue weighted by molar-refractivity contribution is -0.141. The Morgan fingerprint density at radius 3 is 2.29 bits per heavy atom. The minimum Gasteiger partial charge on any atom is -0.507 e. The number of aromatic hydroxyl groups is 1. The van der Waals surface area contributed by atoms with Crippen molar-refractivity contribution in [1.82, 2.24) is 10.2 Å². The molecule has 0 radical (unpaired) electrons. The molecule has 206 valence electrons. The van der Waals surface area contributed by atoms with Crippen molar-refractivity contribution in [3.05, 3.63) is 71.8 Å². The predicted octanol–water partition coefficient (Wildman–Crippen LogP) is 5.64. The quantitative estimate of drug-likeness (QED) is 0.349. The van der Waals surface area contributed by atoms with Crippen LogP contribution in [-0.2, 0) is 14.3 Å². The van der Waals surface area contributed by atoms with E-state index in [1.54, 1.807) is 58.0 Å². The summed E-state index contributed by atoms with van der Waals surface area (Å²) in [4.78, 5) is 42.0. The number of alkyl carbamates (subject to hydrolysis) is 1. The SMILES string of the molecule is C=CCN(C(=O)C(NC(=O)OC(C)(C)C)C(C)CC)C(C(=O)Nc1ccccc1C)c1cccc(C)c1O. The van der Waals surface area contributed by atoms with E-state index >= 15 is 0 Å². The van der Waals surface area contributed by atoms with Gasteiger partial charge in [0.1, 0.15) is 23.4 Å². The first kappa shape index (κ1) is 30.4. The number of benzene rings is 2. The number of phenolic OH excluding ortho intramolecular Hbond substituents is 1. The second kappa shape index (κ2) is 13.1. The maximum Gasteiger partial charge on any atom is 0.408 e. The second-order valence-corrected chi connectivity index (χ2v) is 10.5. The number of aryl methyl sites for hydroxylation is 2. The van der Waals surface area contributed by atoms with Gasteiger partial charge in [-0.2, -0.15) is 0 Å². The van der Waals surface area contributed by atoms with Gasteiger partial charge in [-0.3, -0.25) is 9.59 Å². The van der Waals surface area contributed by atoms with Gasteiger partial charge in [0.15, 0.2) is 0 Å². The maximum absolute atomic E-state index is 14.1. The molecule has 2 aromatic carbocycles. The van der Waals surface area contributed by atoms with Crippen molar-refractivity contribution in [2.45, 2.75) is 72.6 Å². The molecule has 0 aliphatic carbocycles. The topological polar surface area (TPSA) is 108 Å². The van der Waals surface area contributed by atoms with Crippen LogP contribution < -0.4 is 10.6 Å². The summed E-state index contributed by atoms with van der Waals surface area (Å²) in [7, 11) is 0. The van der Waals surface area contributed by atoms with E-state index in [9.17, 15) is 19.5 Å². The number of carbonyl (C=O) groups excluding carboxylic acids is 3. The van der Waals surface area contributed by atoms with Crippen molar-refractivity contribution in [3.63, 3.8) is 0 Å². The van der Waals surface area contributed by atoms with Crippen molar-refractivity contribution in [3.8, 4) is 5.75 Å². The van der Waals surface area contributed by atoms with Gasteiger partial charge in [0.05, 0.1) is 0 Å². The van der Waals surface area contributed by atoms with Crippen molar-refractivity contribution < 1.29 is 24.2 Å². The van der Waals surface area contributed by atoms with Gasteiger partial charge in [0.25, 0.3) is 5.91 Å². The Hall–Kier alpha value is -3.81. The molecule has 38 heavy (non-hydrogen) atoms. The van der Waals surface area contributed by atoms with Gasteiger partial charge in [-0.15, -0.1) is 6.58 Å². The number of rotatable bonds is 10. The van der Waals surface area contributed by atoms with Gasteiger partial charge in [-0.25, -0.2) is 4.79 Å². The average molecular weight is 524 g/mol. The monoisotopic (exact) mass is 523 g/mol. The van der Waals surface area contributed by atoms with Crippen molar-refractivity contribution in [1.29, 1.82) is 0 Å². The van der Waals surface area contributed by atoms with Gasteiger partial charge in [0.2, 0.25) is 5.91 Å². The fourth-order valence-electron chi connectivity index (χ4n) is 4.03. The van der Waals surface area contributed by atoms with Crippen LogP contribution in [0.5, 0.6) is 5.75 Å². The lowest BCUT2D eigenvalue weighted by Gasteiger charge is -2.35. The first-order valence-corrected chi connectivity index (χ1v) is 12.9. The van der Waals surface area contributed by atoms with Crippen molar-refractivity contribution in [2.24, 2.45) is 5.92 Å². The van der Waals surface area contributed by atoms with Crippen LogP contribution in [0.25, 0.3) is 0 Å². The van der Waals surface area contributed by atoms with E-state index in [1.165, 1.54) is 11.0 Å². The minimum absolute atomic E-state index is 0.000998. The Kier molecular flexibility index (Phi) is 10.5. The molecule has 8 nitrogen and oxygen atoms in total. The number of carbonyl (C=O) groups is 3. The highest BCUT2D eigenvalue weighted by Gasteiger charge is 2.39. The van der Waals surface area contributed by atoms with E-state index in [4.69, 9.17) is 4.74 Å². The van der Waals surface area contributed by atoms with Gasteiger partial charge in [-0.05, 0) is 57.7 Å². The lowest BCUT2D eigenvalue weighted by atomic mass is 9.95. The third kappa shape index (κ3) is 7.84. The Labute approximate surface area is 226 Å². The molecular weight excluding hydrogens is 482 g/mol. The summed E-state index contributed by atoms with van der Waals surface area (Å²) < 4.78 is 5.41. The summed E-state index contributed by atoms with van der Waals surface area (Å²) in [6.07, 6.45) is 1.37. The first-order chi connectivity index (χ1) is 17.8. The molecule has 0 aromatic heterocycles. The van der Waals surface area contributed by atoms with E-state index in [0.29, 0.717) is 17.7 Å². The Bertz CT molecular complexity index is 1150. The van der Waals surface area contributed by atoms with Crippen LogP contribution in [0, 0.1) is 19.8 Å². The van der Waals surface area contributed by atoms with Crippen LogP contribution in [-0.4, -0.2) is 46.1 Å². The molecule has 0 heterocycles. The van der Waals surface area contributed by atoms with E-state index in [1.807, 2.05) is 32.9 Å². The van der Waals surface area contributed by atoms with Crippen LogP contribution in [0.2, 0.25) is 0 Å². The van der Waals surface area contributed by atoms with E-state index in [0.717, 1.165) is 5.56 Å². The summed E-state index contributed by atoms with van der Waals surface area (Å²) in [6.45, 7) is 16.4. The third-order valence-electron chi connectivity index (χ3n) is 6.29. The summed E-state index contributed by atoms with van der Waals surface area (Å²) in [5.41, 5.74) is 1.51. The smallest absolute Gasteiger partial charge is 0.408 e. The number of para-hydroxylation sites is 2. The molecule has 2 rings (SSSR count). The molecule has 0 spiro atoms.